The number of halogens is 1. The van der Waals surface area contributed by atoms with Crippen LogP contribution in [0.4, 0.5) is 0 Å². The zero-order valence-electron chi connectivity index (χ0n) is 7.01. The molecule has 1 fully saturated rings. The van der Waals surface area contributed by atoms with Crippen LogP contribution in [0.15, 0.2) is 18.2 Å². The number of ether oxygens (including phenoxy) is 1. The van der Waals surface area contributed by atoms with Crippen LogP contribution in [0.5, 0.6) is 5.75 Å². The Morgan fingerprint density at radius 1 is 1.42 bits per heavy atom. The third kappa shape index (κ3) is 1.72. The molecule has 2 heteroatoms. The highest BCUT2D eigenvalue weighted by molar-refractivity contribution is 6.30. The summed E-state index contributed by atoms with van der Waals surface area (Å²) in [7, 11) is 0. The molecule has 0 atom stereocenters. The Morgan fingerprint density at radius 2 is 2.17 bits per heavy atom. The summed E-state index contributed by atoms with van der Waals surface area (Å²) < 4.78 is 5.65. The Hall–Kier alpha value is -0.690. The SMILES string of the molecule is Cc1ccc(Cl)cc1OC1CC1. The number of rotatable bonds is 2. The second kappa shape index (κ2) is 2.98. The molecule has 2 rings (SSSR count). The minimum absolute atomic E-state index is 0.446. The van der Waals surface area contributed by atoms with Crippen LogP contribution in [0.3, 0.4) is 0 Å². The lowest BCUT2D eigenvalue weighted by Crippen LogP contribution is -1.97. The van der Waals surface area contributed by atoms with Crippen LogP contribution < -0.4 is 4.74 Å². The standard InChI is InChI=1S/C10H11ClO/c1-7-2-3-8(11)6-10(7)12-9-4-5-9/h2-3,6,9H,4-5H2,1H3. The van der Waals surface area contributed by atoms with Crippen molar-refractivity contribution in [3.8, 4) is 5.75 Å². The number of aryl methyl sites for hydroxylation is 1. The lowest BCUT2D eigenvalue weighted by molar-refractivity contribution is 0.301. The summed E-state index contributed by atoms with van der Waals surface area (Å²) in [5, 5.41) is 0.747. The highest BCUT2D eigenvalue weighted by Crippen LogP contribution is 2.30. The first-order chi connectivity index (χ1) is 5.75. The summed E-state index contributed by atoms with van der Waals surface area (Å²) in [5.74, 6) is 0.935. The molecule has 1 aromatic carbocycles. The first-order valence-electron chi connectivity index (χ1n) is 4.18. The lowest BCUT2D eigenvalue weighted by Gasteiger charge is -2.07. The lowest BCUT2D eigenvalue weighted by atomic mass is 10.2. The van der Waals surface area contributed by atoms with Crippen LogP contribution in [0.25, 0.3) is 0 Å². The van der Waals surface area contributed by atoms with Crippen molar-refractivity contribution in [2.45, 2.75) is 25.9 Å². The molecule has 0 aliphatic heterocycles. The maximum atomic E-state index is 5.84. The number of benzene rings is 1. The van der Waals surface area contributed by atoms with Gasteiger partial charge in [0.2, 0.25) is 0 Å². The van der Waals surface area contributed by atoms with E-state index in [0.29, 0.717) is 6.10 Å². The molecule has 0 radical (unpaired) electrons. The molecule has 0 spiro atoms. The molecular weight excluding hydrogens is 172 g/mol. The first-order valence-corrected chi connectivity index (χ1v) is 4.56. The van der Waals surface area contributed by atoms with Gasteiger partial charge >= 0.3 is 0 Å². The average Bonchev–Trinajstić information content (AvgIpc) is 2.81. The highest BCUT2D eigenvalue weighted by Gasteiger charge is 2.23. The van der Waals surface area contributed by atoms with Crippen LogP contribution in [-0.2, 0) is 0 Å². The van der Waals surface area contributed by atoms with Gasteiger partial charge in [0.05, 0.1) is 6.10 Å². The summed E-state index contributed by atoms with van der Waals surface area (Å²) in [4.78, 5) is 0. The van der Waals surface area contributed by atoms with Gasteiger partial charge in [0.15, 0.2) is 0 Å². The van der Waals surface area contributed by atoms with E-state index in [4.69, 9.17) is 16.3 Å². The molecule has 0 N–H and O–H groups in total. The Balaban J connectivity index is 2.21. The normalized spacial score (nSPS) is 16.2. The highest BCUT2D eigenvalue weighted by atomic mass is 35.5. The zero-order valence-corrected chi connectivity index (χ0v) is 7.77. The van der Waals surface area contributed by atoms with Gasteiger partial charge in [-0.25, -0.2) is 0 Å². The van der Waals surface area contributed by atoms with Gasteiger partial charge in [0, 0.05) is 5.02 Å². The van der Waals surface area contributed by atoms with Crippen LogP contribution >= 0.6 is 11.6 Å². The van der Waals surface area contributed by atoms with Crippen molar-refractivity contribution in [1.82, 2.24) is 0 Å². The fourth-order valence-electron chi connectivity index (χ4n) is 1.07. The predicted molar refractivity (Wildman–Crippen MR) is 49.8 cm³/mol. The van der Waals surface area contributed by atoms with Crippen LogP contribution in [0, 0.1) is 6.92 Å². The van der Waals surface area contributed by atoms with E-state index in [9.17, 15) is 0 Å². The van der Waals surface area contributed by atoms with Gasteiger partial charge in [-0.05, 0) is 37.5 Å². The van der Waals surface area contributed by atoms with Gasteiger partial charge in [0.25, 0.3) is 0 Å². The molecule has 0 bridgehead atoms. The van der Waals surface area contributed by atoms with E-state index in [1.54, 1.807) is 0 Å². The quantitative estimate of drug-likeness (QED) is 0.683. The number of hydrogen-bond acceptors (Lipinski definition) is 1. The predicted octanol–water partition coefficient (Wildman–Crippen LogP) is 3.19. The summed E-state index contributed by atoms with van der Waals surface area (Å²) in [6, 6.07) is 5.76. The molecule has 0 saturated heterocycles. The van der Waals surface area contributed by atoms with Crippen molar-refractivity contribution in [1.29, 1.82) is 0 Å². The van der Waals surface area contributed by atoms with E-state index in [1.165, 1.54) is 12.8 Å². The van der Waals surface area contributed by atoms with E-state index in [2.05, 4.69) is 0 Å². The Labute approximate surface area is 77.3 Å². The molecule has 0 heterocycles. The van der Waals surface area contributed by atoms with Crippen LogP contribution in [0.1, 0.15) is 18.4 Å². The molecule has 1 aliphatic carbocycles. The summed E-state index contributed by atoms with van der Waals surface area (Å²) in [6.07, 6.45) is 2.82. The van der Waals surface area contributed by atoms with Crippen LogP contribution in [-0.4, -0.2) is 6.10 Å². The van der Waals surface area contributed by atoms with Gasteiger partial charge in [-0.15, -0.1) is 0 Å². The minimum atomic E-state index is 0.446. The second-order valence-electron chi connectivity index (χ2n) is 3.23. The van der Waals surface area contributed by atoms with Gasteiger partial charge in [-0.3, -0.25) is 0 Å². The molecule has 12 heavy (non-hydrogen) atoms. The molecule has 1 aliphatic rings. The molecule has 64 valence electrons. The van der Waals surface area contributed by atoms with Crippen molar-refractivity contribution in [3.63, 3.8) is 0 Å². The average molecular weight is 183 g/mol. The van der Waals surface area contributed by atoms with Gasteiger partial charge < -0.3 is 4.74 Å². The van der Waals surface area contributed by atoms with E-state index in [0.717, 1.165) is 16.3 Å². The van der Waals surface area contributed by atoms with Gasteiger partial charge in [-0.2, -0.15) is 0 Å². The Kier molecular flexibility index (Phi) is 1.97. The Morgan fingerprint density at radius 3 is 2.83 bits per heavy atom. The fraction of sp³-hybridized carbons (Fsp3) is 0.400. The smallest absolute Gasteiger partial charge is 0.124 e. The van der Waals surface area contributed by atoms with Crippen molar-refractivity contribution >= 4 is 11.6 Å². The third-order valence-corrected chi connectivity index (χ3v) is 2.20. The molecular formula is C10H11ClO. The second-order valence-corrected chi connectivity index (χ2v) is 3.66. The molecule has 1 aromatic rings. The van der Waals surface area contributed by atoms with E-state index < -0.39 is 0 Å². The maximum Gasteiger partial charge on any atom is 0.124 e. The topological polar surface area (TPSA) is 9.23 Å². The monoisotopic (exact) mass is 182 g/mol. The molecule has 0 amide bonds. The Bertz CT molecular complexity index is 292. The van der Waals surface area contributed by atoms with Crippen molar-refractivity contribution < 1.29 is 4.74 Å². The summed E-state index contributed by atoms with van der Waals surface area (Å²) in [5.41, 5.74) is 1.16. The largest absolute Gasteiger partial charge is 0.490 e. The summed E-state index contributed by atoms with van der Waals surface area (Å²) >= 11 is 5.84. The summed E-state index contributed by atoms with van der Waals surface area (Å²) in [6.45, 7) is 2.04. The molecule has 1 nitrogen and oxygen atoms in total. The minimum Gasteiger partial charge on any atom is -0.490 e. The van der Waals surface area contributed by atoms with Crippen molar-refractivity contribution in [2.75, 3.05) is 0 Å². The maximum absolute atomic E-state index is 5.84. The van der Waals surface area contributed by atoms with Gasteiger partial charge in [0.1, 0.15) is 5.75 Å². The zero-order chi connectivity index (χ0) is 8.55. The van der Waals surface area contributed by atoms with Crippen molar-refractivity contribution in [2.24, 2.45) is 0 Å². The van der Waals surface area contributed by atoms with E-state index in [-0.39, 0.29) is 0 Å². The first kappa shape index (κ1) is 7.93. The van der Waals surface area contributed by atoms with Crippen molar-refractivity contribution in [3.05, 3.63) is 28.8 Å². The molecule has 0 unspecified atom stereocenters. The molecule has 0 aromatic heterocycles. The number of hydrogen-bond donors (Lipinski definition) is 0. The van der Waals surface area contributed by atoms with Crippen LogP contribution in [0.2, 0.25) is 5.02 Å². The molecule has 1 saturated carbocycles. The third-order valence-electron chi connectivity index (χ3n) is 1.97. The fourth-order valence-corrected chi connectivity index (χ4v) is 1.23. The van der Waals surface area contributed by atoms with E-state index >= 15 is 0 Å². The van der Waals surface area contributed by atoms with Gasteiger partial charge in [-0.1, -0.05) is 17.7 Å². The van der Waals surface area contributed by atoms with E-state index in [1.807, 2.05) is 25.1 Å².